The van der Waals surface area contributed by atoms with E-state index in [1.807, 2.05) is 12.1 Å². The zero-order valence-electron chi connectivity index (χ0n) is 18.8. The lowest BCUT2D eigenvalue weighted by atomic mass is 10.0. The Balaban J connectivity index is 1.58. The first-order valence-electron chi connectivity index (χ1n) is 11.0. The van der Waals surface area contributed by atoms with Crippen molar-refractivity contribution < 1.29 is 18.7 Å². The molecular weight excluding hydrogens is 437 g/mol. The Labute approximate surface area is 197 Å². The molecule has 0 bridgehead atoms. The fourth-order valence-corrected chi connectivity index (χ4v) is 4.11. The molecule has 1 fully saturated rings. The van der Waals surface area contributed by atoms with Gasteiger partial charge in [-0.1, -0.05) is 18.2 Å². The lowest BCUT2D eigenvalue weighted by Gasteiger charge is -2.39. The number of hydrogen-bond acceptors (Lipinski definition) is 7. The topological polar surface area (TPSA) is 101 Å². The number of pyridine rings is 1. The molecule has 3 aromatic rings. The molecule has 1 aromatic heterocycles. The molecule has 1 aliphatic heterocycles. The Morgan fingerprint density at radius 1 is 1.12 bits per heavy atom. The van der Waals surface area contributed by atoms with E-state index in [2.05, 4.69) is 15.3 Å². The summed E-state index contributed by atoms with van der Waals surface area (Å²) in [5.74, 6) is -0.923. The summed E-state index contributed by atoms with van der Waals surface area (Å²) in [6, 6.07) is 14.0. The number of rotatable bonds is 6. The van der Waals surface area contributed by atoms with Crippen LogP contribution < -0.4 is 16.1 Å². The smallest absolute Gasteiger partial charge is 0.428 e. The Kier molecular flexibility index (Phi) is 6.91. The van der Waals surface area contributed by atoms with Gasteiger partial charge in [-0.05, 0) is 49.2 Å². The minimum atomic E-state index is -0.588. The van der Waals surface area contributed by atoms with Gasteiger partial charge in [0.25, 0.3) is 0 Å². The number of benzene rings is 2. The van der Waals surface area contributed by atoms with E-state index in [0.29, 0.717) is 12.8 Å². The normalized spacial score (nSPS) is 13.9. The van der Waals surface area contributed by atoms with Crippen LogP contribution in [0, 0.1) is 5.82 Å². The first kappa shape index (κ1) is 23.0. The third-order valence-electron chi connectivity index (χ3n) is 5.89. The second-order valence-corrected chi connectivity index (χ2v) is 7.98. The van der Waals surface area contributed by atoms with Gasteiger partial charge in [-0.2, -0.15) is 0 Å². The fourth-order valence-electron chi connectivity index (χ4n) is 4.11. The van der Waals surface area contributed by atoms with Crippen molar-refractivity contribution >= 4 is 28.9 Å². The number of para-hydroxylation sites is 1. The van der Waals surface area contributed by atoms with Gasteiger partial charge in [-0.3, -0.25) is 15.2 Å². The van der Waals surface area contributed by atoms with Gasteiger partial charge in [0, 0.05) is 42.3 Å². The highest BCUT2D eigenvalue weighted by atomic mass is 19.1. The molecule has 2 aromatic carbocycles. The third-order valence-corrected chi connectivity index (χ3v) is 5.89. The van der Waals surface area contributed by atoms with Gasteiger partial charge in [0.15, 0.2) is 5.78 Å². The molecule has 1 amide bonds. The number of nitrogens with one attached hydrogen (secondary N) is 1. The molecule has 1 saturated heterocycles. The number of carbonyl (C=O) groups is 2. The minimum Gasteiger partial charge on any atom is -0.452 e. The summed E-state index contributed by atoms with van der Waals surface area (Å²) in [5, 5.41) is 1.39. The van der Waals surface area contributed by atoms with Crippen LogP contribution in [-0.4, -0.2) is 48.1 Å². The number of hydrazine groups is 1. The second-order valence-electron chi connectivity index (χ2n) is 7.98. The van der Waals surface area contributed by atoms with Gasteiger partial charge in [0.2, 0.25) is 0 Å². The summed E-state index contributed by atoms with van der Waals surface area (Å²) in [4.78, 5) is 32.2. The Morgan fingerprint density at radius 2 is 1.82 bits per heavy atom. The summed E-state index contributed by atoms with van der Waals surface area (Å²) in [6.45, 7) is 1.45. The quantitative estimate of drug-likeness (QED) is 0.322. The molecule has 176 valence electrons. The van der Waals surface area contributed by atoms with Crippen molar-refractivity contribution in [1.29, 1.82) is 0 Å². The first-order chi connectivity index (χ1) is 16.5. The maximum absolute atomic E-state index is 13.7. The number of nitrogens with zero attached hydrogens (tertiary/aromatic N) is 3. The Morgan fingerprint density at radius 3 is 2.50 bits per heavy atom. The van der Waals surface area contributed by atoms with Gasteiger partial charge in [-0.25, -0.2) is 14.2 Å². The van der Waals surface area contributed by atoms with Gasteiger partial charge in [0.1, 0.15) is 5.82 Å². The second kappa shape index (κ2) is 10.2. The van der Waals surface area contributed by atoms with Crippen molar-refractivity contribution in [1.82, 2.24) is 9.99 Å². The van der Waals surface area contributed by atoms with Crippen LogP contribution in [0.2, 0.25) is 0 Å². The molecular formula is C25H26FN5O3. The molecule has 0 spiro atoms. The zero-order valence-corrected chi connectivity index (χ0v) is 18.8. The van der Waals surface area contributed by atoms with Gasteiger partial charge >= 0.3 is 6.09 Å². The number of aromatic nitrogens is 1. The number of nitrogens with two attached hydrogens (primary N) is 1. The number of nitrogen functional groups attached to an aromatic ring is 1. The van der Waals surface area contributed by atoms with Gasteiger partial charge in [0.05, 0.1) is 24.5 Å². The highest BCUT2D eigenvalue weighted by Crippen LogP contribution is 2.29. The van der Waals surface area contributed by atoms with E-state index in [1.165, 1.54) is 36.4 Å². The van der Waals surface area contributed by atoms with Crippen LogP contribution in [0.3, 0.4) is 0 Å². The monoisotopic (exact) mass is 463 g/mol. The number of ketones is 1. The maximum Gasteiger partial charge on any atom is 0.428 e. The molecule has 1 aliphatic rings. The largest absolute Gasteiger partial charge is 0.452 e. The molecule has 0 unspecified atom stereocenters. The summed E-state index contributed by atoms with van der Waals surface area (Å²) in [7, 11) is 1.30. The molecule has 34 heavy (non-hydrogen) atoms. The molecule has 0 atom stereocenters. The number of amides is 1. The van der Waals surface area contributed by atoms with E-state index < -0.39 is 17.7 Å². The molecule has 4 rings (SSSR count). The highest BCUT2D eigenvalue weighted by molar-refractivity contribution is 6.13. The van der Waals surface area contributed by atoms with Crippen molar-refractivity contribution in [2.75, 3.05) is 36.3 Å². The minimum absolute atomic E-state index is 0.184. The number of anilines is 3. The number of ether oxygens (including phenoxy) is 1. The van der Waals surface area contributed by atoms with E-state index in [9.17, 15) is 14.0 Å². The molecule has 0 aliphatic carbocycles. The van der Waals surface area contributed by atoms with Crippen molar-refractivity contribution in [3.63, 3.8) is 0 Å². The van der Waals surface area contributed by atoms with Crippen LogP contribution in [0.1, 0.15) is 28.8 Å². The molecule has 2 heterocycles. The SMILES string of the molecule is COC(=O)N(Nc1c(N)cccc1C(=O)c1cccc(F)c1)C1CCN(c2ccncc2)CC1. The molecule has 8 nitrogen and oxygen atoms in total. The van der Waals surface area contributed by atoms with E-state index in [4.69, 9.17) is 10.5 Å². The van der Waals surface area contributed by atoms with Crippen LogP contribution in [0.4, 0.5) is 26.2 Å². The molecule has 0 radical (unpaired) electrons. The number of hydrogen-bond donors (Lipinski definition) is 2. The van der Waals surface area contributed by atoms with Crippen molar-refractivity contribution in [3.8, 4) is 0 Å². The Bertz CT molecular complexity index is 1170. The lowest BCUT2D eigenvalue weighted by molar-refractivity contribution is 0.103. The standard InChI is InChI=1S/C25H26FN5O3/c1-34-25(33)31(20-10-14-30(15-11-20)19-8-12-28-13-9-19)29-23-21(6-3-7-22(23)27)24(32)17-4-2-5-18(26)16-17/h2-9,12-13,16,20,29H,10-11,14-15,27H2,1H3. The summed E-state index contributed by atoms with van der Waals surface area (Å²) in [6.07, 6.45) is 4.25. The summed E-state index contributed by atoms with van der Waals surface area (Å²) < 4.78 is 18.7. The lowest BCUT2D eigenvalue weighted by Crippen LogP contribution is -2.50. The average molecular weight is 464 g/mol. The van der Waals surface area contributed by atoms with Crippen LogP contribution in [-0.2, 0) is 4.74 Å². The molecule has 3 N–H and O–H groups in total. The number of carbonyl (C=O) groups excluding carboxylic acids is 2. The van der Waals surface area contributed by atoms with Crippen molar-refractivity contribution in [2.45, 2.75) is 18.9 Å². The summed E-state index contributed by atoms with van der Waals surface area (Å²) >= 11 is 0. The van der Waals surface area contributed by atoms with Crippen LogP contribution >= 0.6 is 0 Å². The maximum atomic E-state index is 13.7. The van der Waals surface area contributed by atoms with E-state index >= 15 is 0 Å². The number of halogens is 1. The van der Waals surface area contributed by atoms with E-state index in [1.54, 1.807) is 30.6 Å². The predicted molar refractivity (Wildman–Crippen MR) is 128 cm³/mol. The summed E-state index contributed by atoms with van der Waals surface area (Å²) in [5.41, 5.74) is 11.3. The molecule has 9 heteroatoms. The van der Waals surface area contributed by atoms with Crippen molar-refractivity contribution in [2.24, 2.45) is 0 Å². The van der Waals surface area contributed by atoms with Crippen molar-refractivity contribution in [3.05, 3.63) is 83.9 Å². The third kappa shape index (κ3) is 4.93. The predicted octanol–water partition coefficient (Wildman–Crippen LogP) is 4.10. The van der Waals surface area contributed by atoms with E-state index in [-0.39, 0.29) is 28.5 Å². The van der Waals surface area contributed by atoms with E-state index in [0.717, 1.165) is 18.8 Å². The highest BCUT2D eigenvalue weighted by Gasteiger charge is 2.30. The van der Waals surface area contributed by atoms with Crippen LogP contribution in [0.15, 0.2) is 67.0 Å². The number of piperidine rings is 1. The first-order valence-corrected chi connectivity index (χ1v) is 11.0. The Hall–Kier alpha value is -4.14. The number of methoxy groups -OCH3 is 1. The van der Waals surface area contributed by atoms with Crippen LogP contribution in [0.5, 0.6) is 0 Å². The zero-order chi connectivity index (χ0) is 24.1. The fraction of sp³-hybridized carbons (Fsp3) is 0.240. The van der Waals surface area contributed by atoms with Gasteiger partial charge in [-0.15, -0.1) is 0 Å². The van der Waals surface area contributed by atoms with Crippen LogP contribution in [0.25, 0.3) is 0 Å². The molecule has 0 saturated carbocycles. The van der Waals surface area contributed by atoms with Gasteiger partial charge < -0.3 is 15.4 Å². The average Bonchev–Trinajstić information content (AvgIpc) is 2.87.